The molecule has 23 heavy (non-hydrogen) atoms. The Hall–Kier alpha value is -2.60. The summed E-state index contributed by atoms with van der Waals surface area (Å²) in [7, 11) is 0. The first kappa shape index (κ1) is 16.8. The van der Waals surface area contributed by atoms with Crippen molar-refractivity contribution in [3.63, 3.8) is 0 Å². The summed E-state index contributed by atoms with van der Waals surface area (Å²) in [6.45, 7) is 1.60. The van der Waals surface area contributed by atoms with Gasteiger partial charge in [-0.1, -0.05) is 48.5 Å². The van der Waals surface area contributed by atoms with Crippen LogP contribution in [0.4, 0.5) is 0 Å². The van der Waals surface area contributed by atoms with Gasteiger partial charge >= 0.3 is 0 Å². The minimum Gasteiger partial charge on any atom is -0.491 e. The maximum atomic E-state index is 10.1. The van der Waals surface area contributed by atoms with Crippen LogP contribution < -0.4 is 10.1 Å². The van der Waals surface area contributed by atoms with E-state index in [9.17, 15) is 10.1 Å². The molecule has 0 atom stereocenters. The lowest BCUT2D eigenvalue weighted by atomic mass is 10.1. The molecule has 0 spiro atoms. The summed E-state index contributed by atoms with van der Waals surface area (Å²) in [5.74, 6) is 0.714. The van der Waals surface area contributed by atoms with Crippen molar-refractivity contribution in [3.05, 3.63) is 75.8 Å². The lowest BCUT2D eigenvalue weighted by molar-refractivity contribution is -0.757. The zero-order valence-corrected chi connectivity index (χ0v) is 12.8. The maximum Gasteiger partial charge on any atom is 0.294 e. The fourth-order valence-corrected chi connectivity index (χ4v) is 2.15. The molecule has 0 unspecified atom stereocenters. The Morgan fingerprint density at radius 2 is 1.74 bits per heavy atom. The van der Waals surface area contributed by atoms with Crippen LogP contribution in [0.2, 0.25) is 0 Å². The van der Waals surface area contributed by atoms with Gasteiger partial charge in [0.05, 0.1) is 0 Å². The zero-order chi connectivity index (χ0) is 16.3. The van der Waals surface area contributed by atoms with E-state index in [4.69, 9.17) is 4.74 Å². The van der Waals surface area contributed by atoms with Gasteiger partial charge in [0, 0.05) is 12.1 Å². The molecule has 1 N–H and O–H groups in total. The zero-order valence-electron chi connectivity index (χ0n) is 12.8. The molecule has 0 saturated heterocycles. The number of para-hydroxylation sites is 1. The third-order valence-electron chi connectivity index (χ3n) is 3.26. The predicted molar refractivity (Wildman–Crippen MR) is 86.7 cm³/mol. The highest BCUT2D eigenvalue weighted by atomic mass is 17.0. The highest BCUT2D eigenvalue weighted by Gasteiger charge is 2.03. The smallest absolute Gasteiger partial charge is 0.294 e. The first-order valence-electron chi connectivity index (χ1n) is 7.48. The molecule has 2 rings (SSSR count). The Kier molecular flexibility index (Phi) is 6.87. The molecule has 0 aliphatic rings. The van der Waals surface area contributed by atoms with E-state index in [1.54, 1.807) is 0 Å². The molecule has 6 nitrogen and oxygen atoms in total. The summed E-state index contributed by atoms with van der Waals surface area (Å²) in [4.78, 5) is 14.3. The molecule has 122 valence electrons. The quantitative estimate of drug-likeness (QED) is 0.414. The highest BCUT2D eigenvalue weighted by Crippen LogP contribution is 2.17. The summed E-state index contributed by atoms with van der Waals surface area (Å²) in [6.07, 6.45) is 0.959. The third-order valence-corrected chi connectivity index (χ3v) is 3.26. The van der Waals surface area contributed by atoms with Crippen LogP contribution in [0.1, 0.15) is 11.1 Å². The second-order valence-corrected chi connectivity index (χ2v) is 4.93. The molecule has 6 heteroatoms. The van der Waals surface area contributed by atoms with Crippen LogP contribution in [-0.2, 0) is 17.8 Å². The molecule has 0 aliphatic heterocycles. The lowest BCUT2D eigenvalue weighted by Gasteiger charge is -2.12. The van der Waals surface area contributed by atoms with Crippen LogP contribution >= 0.6 is 0 Å². The molecular weight excluding hydrogens is 296 g/mol. The van der Waals surface area contributed by atoms with E-state index < -0.39 is 5.09 Å². The van der Waals surface area contributed by atoms with Gasteiger partial charge in [-0.2, -0.15) is 0 Å². The number of nitrogens with zero attached hydrogens (tertiary/aromatic N) is 1. The molecule has 0 aliphatic carbocycles. The number of benzene rings is 2. The Morgan fingerprint density at radius 1 is 1.00 bits per heavy atom. The number of hydrogen-bond donors (Lipinski definition) is 1. The normalized spacial score (nSPS) is 10.3. The van der Waals surface area contributed by atoms with Crippen LogP contribution in [0.15, 0.2) is 54.6 Å². The fourth-order valence-electron chi connectivity index (χ4n) is 2.15. The molecular formula is C17H20N2O4. The van der Waals surface area contributed by atoms with Crippen LogP contribution in [0, 0.1) is 10.1 Å². The first-order chi connectivity index (χ1) is 11.3. The van der Waals surface area contributed by atoms with Crippen LogP contribution in [-0.4, -0.2) is 24.8 Å². The van der Waals surface area contributed by atoms with E-state index in [0.717, 1.165) is 18.5 Å². The molecule has 2 aromatic carbocycles. The minimum atomic E-state index is -0.819. The van der Waals surface area contributed by atoms with Crippen molar-refractivity contribution in [2.45, 2.75) is 13.0 Å². The molecule has 0 saturated carbocycles. The van der Waals surface area contributed by atoms with E-state index in [2.05, 4.69) is 22.3 Å². The van der Waals surface area contributed by atoms with Gasteiger partial charge in [0.25, 0.3) is 5.09 Å². The van der Waals surface area contributed by atoms with Gasteiger partial charge in [0.15, 0.2) is 0 Å². The molecule has 0 heterocycles. The molecule has 0 aromatic heterocycles. The molecule has 0 radical (unpaired) electrons. The predicted octanol–water partition coefficient (Wildman–Crippen LogP) is 2.61. The van der Waals surface area contributed by atoms with E-state index in [-0.39, 0.29) is 13.2 Å². The van der Waals surface area contributed by atoms with E-state index in [1.165, 1.54) is 5.56 Å². The van der Waals surface area contributed by atoms with Gasteiger partial charge in [-0.05, 0) is 24.6 Å². The van der Waals surface area contributed by atoms with Gasteiger partial charge in [-0.25, -0.2) is 0 Å². The number of ether oxygens (including phenoxy) is 1. The van der Waals surface area contributed by atoms with Gasteiger partial charge in [0.1, 0.15) is 19.0 Å². The molecule has 0 amide bonds. The largest absolute Gasteiger partial charge is 0.491 e. The van der Waals surface area contributed by atoms with Crippen LogP contribution in [0.3, 0.4) is 0 Å². The van der Waals surface area contributed by atoms with Gasteiger partial charge in [0.2, 0.25) is 0 Å². The van der Waals surface area contributed by atoms with Crippen LogP contribution in [0.25, 0.3) is 0 Å². The summed E-state index contributed by atoms with van der Waals surface area (Å²) in [5.41, 5.74) is 2.31. The van der Waals surface area contributed by atoms with Crippen molar-refractivity contribution in [2.75, 3.05) is 19.8 Å². The van der Waals surface area contributed by atoms with Gasteiger partial charge in [-0.15, -0.1) is 10.1 Å². The standard InChI is InChI=1S/C17H20N2O4/c20-19(21)23-13-12-22-17-9-5-4-8-16(17)14-18-11-10-15-6-2-1-3-7-15/h1-9,18H,10-14H2. The lowest BCUT2D eigenvalue weighted by Crippen LogP contribution is -2.18. The Morgan fingerprint density at radius 3 is 2.52 bits per heavy atom. The van der Waals surface area contributed by atoms with Gasteiger partial charge in [-0.3, -0.25) is 0 Å². The number of nitrogens with one attached hydrogen (secondary N) is 1. The average molecular weight is 316 g/mol. The molecule has 2 aromatic rings. The van der Waals surface area contributed by atoms with Crippen LogP contribution in [0.5, 0.6) is 5.75 Å². The summed E-state index contributed by atoms with van der Waals surface area (Å²) in [5, 5.41) is 12.6. The minimum absolute atomic E-state index is 0.0806. The van der Waals surface area contributed by atoms with E-state index in [0.29, 0.717) is 12.3 Å². The first-order valence-corrected chi connectivity index (χ1v) is 7.48. The Balaban J connectivity index is 1.75. The second kappa shape index (κ2) is 9.42. The number of hydrogen-bond acceptors (Lipinski definition) is 5. The highest BCUT2D eigenvalue weighted by molar-refractivity contribution is 5.33. The number of rotatable bonds is 10. The maximum absolute atomic E-state index is 10.1. The fraction of sp³-hybridized carbons (Fsp3) is 0.294. The van der Waals surface area contributed by atoms with E-state index >= 15 is 0 Å². The molecule has 0 bridgehead atoms. The molecule has 0 fully saturated rings. The summed E-state index contributed by atoms with van der Waals surface area (Å²) < 4.78 is 5.53. The Bertz CT molecular complexity index is 605. The third kappa shape index (κ3) is 6.36. The second-order valence-electron chi connectivity index (χ2n) is 4.93. The SMILES string of the molecule is O=[N+]([O-])OCCOc1ccccc1CNCCc1ccccc1. The van der Waals surface area contributed by atoms with Crippen molar-refractivity contribution in [3.8, 4) is 5.75 Å². The van der Waals surface area contributed by atoms with Gasteiger partial charge < -0.3 is 14.9 Å². The van der Waals surface area contributed by atoms with Crippen molar-refractivity contribution < 1.29 is 14.7 Å². The van der Waals surface area contributed by atoms with E-state index in [1.807, 2.05) is 42.5 Å². The van der Waals surface area contributed by atoms with Crippen molar-refractivity contribution >= 4 is 0 Å². The summed E-state index contributed by atoms with van der Waals surface area (Å²) >= 11 is 0. The van der Waals surface area contributed by atoms with Crippen molar-refractivity contribution in [2.24, 2.45) is 0 Å². The average Bonchev–Trinajstić information content (AvgIpc) is 2.57. The Labute approximate surface area is 135 Å². The topological polar surface area (TPSA) is 73.6 Å². The van der Waals surface area contributed by atoms with Crippen molar-refractivity contribution in [1.82, 2.24) is 5.32 Å². The summed E-state index contributed by atoms with van der Waals surface area (Å²) in [6, 6.07) is 17.9. The van der Waals surface area contributed by atoms with Crippen molar-refractivity contribution in [1.29, 1.82) is 0 Å². The monoisotopic (exact) mass is 316 g/mol.